The standard InChI is InChI=1S/C15H18N2O5S/c1-2-9-16-23(21,22)12-6-3-5-11(10-12)13(18)17-15(14(19)20)7-4-8-15/h2-3,5-6,10,16H,1,4,7-9H2,(H,17,18)(H,19,20). The van der Waals surface area contributed by atoms with E-state index >= 15 is 0 Å². The Bertz CT molecular complexity index is 738. The van der Waals surface area contributed by atoms with Gasteiger partial charge in [0.05, 0.1) is 4.90 Å². The molecule has 1 fully saturated rings. The number of benzene rings is 1. The lowest BCUT2D eigenvalue weighted by atomic mass is 9.76. The number of aliphatic carboxylic acids is 1. The molecule has 1 amide bonds. The summed E-state index contributed by atoms with van der Waals surface area (Å²) in [5, 5.41) is 11.7. The summed E-state index contributed by atoms with van der Waals surface area (Å²) < 4.78 is 26.4. The number of carboxylic acids is 1. The highest BCUT2D eigenvalue weighted by Crippen LogP contribution is 2.32. The largest absolute Gasteiger partial charge is 0.480 e. The molecule has 1 aromatic carbocycles. The van der Waals surface area contributed by atoms with Crippen LogP contribution in [0, 0.1) is 0 Å². The highest BCUT2D eigenvalue weighted by molar-refractivity contribution is 7.89. The molecule has 8 heteroatoms. The van der Waals surface area contributed by atoms with Crippen LogP contribution >= 0.6 is 0 Å². The fraction of sp³-hybridized carbons (Fsp3) is 0.333. The van der Waals surface area contributed by atoms with Crippen molar-refractivity contribution in [1.29, 1.82) is 0 Å². The average molecular weight is 338 g/mol. The third-order valence-electron chi connectivity index (χ3n) is 3.79. The molecule has 7 nitrogen and oxygen atoms in total. The summed E-state index contributed by atoms with van der Waals surface area (Å²) in [5.74, 6) is -1.68. The van der Waals surface area contributed by atoms with Gasteiger partial charge in [-0.05, 0) is 37.5 Å². The van der Waals surface area contributed by atoms with E-state index in [1.54, 1.807) is 0 Å². The first kappa shape index (κ1) is 17.2. The van der Waals surface area contributed by atoms with Crippen LogP contribution in [0.25, 0.3) is 0 Å². The van der Waals surface area contributed by atoms with Crippen LogP contribution in [0.4, 0.5) is 0 Å². The van der Waals surface area contributed by atoms with E-state index in [2.05, 4.69) is 16.6 Å². The monoisotopic (exact) mass is 338 g/mol. The molecule has 124 valence electrons. The Morgan fingerprint density at radius 3 is 2.57 bits per heavy atom. The SMILES string of the molecule is C=CCNS(=O)(=O)c1cccc(C(=O)NC2(C(=O)O)CCC2)c1. The van der Waals surface area contributed by atoms with Crippen molar-refractivity contribution < 1.29 is 23.1 Å². The molecule has 0 unspecified atom stereocenters. The molecule has 0 spiro atoms. The van der Waals surface area contributed by atoms with Crippen LogP contribution in [0.5, 0.6) is 0 Å². The quantitative estimate of drug-likeness (QED) is 0.639. The minimum absolute atomic E-state index is 0.0648. The van der Waals surface area contributed by atoms with Gasteiger partial charge in [-0.1, -0.05) is 12.1 Å². The minimum Gasteiger partial charge on any atom is -0.480 e. The zero-order chi connectivity index (χ0) is 17.1. The Morgan fingerprint density at radius 1 is 1.35 bits per heavy atom. The molecule has 0 saturated heterocycles. The lowest BCUT2D eigenvalue weighted by Crippen LogP contribution is -2.59. The number of nitrogens with one attached hydrogen (secondary N) is 2. The highest BCUT2D eigenvalue weighted by atomic mass is 32.2. The van der Waals surface area contributed by atoms with Crippen molar-refractivity contribution >= 4 is 21.9 Å². The smallest absolute Gasteiger partial charge is 0.329 e. The zero-order valence-corrected chi connectivity index (χ0v) is 13.2. The van der Waals surface area contributed by atoms with Crippen molar-refractivity contribution in [2.75, 3.05) is 6.54 Å². The van der Waals surface area contributed by atoms with Gasteiger partial charge in [0.25, 0.3) is 5.91 Å². The molecular formula is C15H18N2O5S. The van der Waals surface area contributed by atoms with E-state index in [0.717, 1.165) is 6.42 Å². The van der Waals surface area contributed by atoms with Gasteiger partial charge in [0.2, 0.25) is 10.0 Å². The molecule has 23 heavy (non-hydrogen) atoms. The third-order valence-corrected chi connectivity index (χ3v) is 5.21. The molecule has 0 heterocycles. The number of rotatable bonds is 7. The predicted molar refractivity (Wildman–Crippen MR) is 83.5 cm³/mol. The fourth-order valence-corrected chi connectivity index (χ4v) is 3.31. The molecule has 0 atom stereocenters. The first-order valence-corrected chi connectivity index (χ1v) is 8.56. The fourth-order valence-electron chi connectivity index (χ4n) is 2.27. The van der Waals surface area contributed by atoms with E-state index in [1.807, 2.05) is 0 Å². The number of hydrogen-bond donors (Lipinski definition) is 3. The lowest BCUT2D eigenvalue weighted by molar-refractivity contribution is -0.148. The van der Waals surface area contributed by atoms with Crippen molar-refractivity contribution in [2.45, 2.75) is 29.7 Å². The average Bonchev–Trinajstić information content (AvgIpc) is 2.48. The molecule has 0 radical (unpaired) electrons. The van der Waals surface area contributed by atoms with Crippen LogP contribution < -0.4 is 10.0 Å². The van der Waals surface area contributed by atoms with Crippen LogP contribution in [0.2, 0.25) is 0 Å². The lowest BCUT2D eigenvalue weighted by Gasteiger charge is -2.38. The van der Waals surface area contributed by atoms with E-state index in [-0.39, 0.29) is 17.0 Å². The van der Waals surface area contributed by atoms with Gasteiger partial charge >= 0.3 is 5.97 Å². The number of carboxylic acid groups (broad SMARTS) is 1. The van der Waals surface area contributed by atoms with Gasteiger partial charge in [-0.15, -0.1) is 6.58 Å². The van der Waals surface area contributed by atoms with Crippen molar-refractivity contribution in [3.05, 3.63) is 42.5 Å². The topological polar surface area (TPSA) is 113 Å². The second-order valence-electron chi connectivity index (χ2n) is 5.36. The van der Waals surface area contributed by atoms with Gasteiger partial charge in [0, 0.05) is 12.1 Å². The Labute approximate surface area is 134 Å². The van der Waals surface area contributed by atoms with Crippen LogP contribution in [-0.2, 0) is 14.8 Å². The predicted octanol–water partition coefficient (Wildman–Crippen LogP) is 0.888. The van der Waals surface area contributed by atoms with Crippen LogP contribution in [0.1, 0.15) is 29.6 Å². The van der Waals surface area contributed by atoms with E-state index in [9.17, 15) is 23.1 Å². The first-order chi connectivity index (χ1) is 10.8. The van der Waals surface area contributed by atoms with Crippen molar-refractivity contribution in [3.63, 3.8) is 0 Å². The number of hydrogen-bond acceptors (Lipinski definition) is 4. The van der Waals surface area contributed by atoms with E-state index in [0.29, 0.717) is 12.8 Å². The Balaban J connectivity index is 2.21. The summed E-state index contributed by atoms with van der Waals surface area (Å²) in [6.45, 7) is 3.50. The number of amides is 1. The van der Waals surface area contributed by atoms with Gasteiger partial charge < -0.3 is 10.4 Å². The van der Waals surface area contributed by atoms with Gasteiger partial charge in [0.15, 0.2) is 0 Å². The normalized spacial score (nSPS) is 16.2. The molecule has 0 bridgehead atoms. The molecular weight excluding hydrogens is 320 g/mol. The maximum atomic E-state index is 12.2. The molecule has 3 N–H and O–H groups in total. The molecule has 1 aliphatic rings. The summed E-state index contributed by atoms with van der Waals surface area (Å²) in [6.07, 6.45) is 2.87. The first-order valence-electron chi connectivity index (χ1n) is 7.07. The molecule has 0 aromatic heterocycles. The van der Waals surface area contributed by atoms with Crippen molar-refractivity contribution in [2.24, 2.45) is 0 Å². The number of carbonyl (C=O) groups excluding carboxylic acids is 1. The summed E-state index contributed by atoms with van der Waals surface area (Å²) in [5.41, 5.74) is -1.15. The summed E-state index contributed by atoms with van der Waals surface area (Å²) in [7, 11) is -3.75. The van der Waals surface area contributed by atoms with Crippen LogP contribution in [0.15, 0.2) is 41.8 Å². The Morgan fingerprint density at radius 2 is 2.04 bits per heavy atom. The minimum atomic E-state index is -3.75. The van der Waals surface area contributed by atoms with Gasteiger partial charge in [-0.3, -0.25) is 4.79 Å². The van der Waals surface area contributed by atoms with Crippen LogP contribution in [-0.4, -0.2) is 37.5 Å². The summed E-state index contributed by atoms with van der Waals surface area (Å²) in [6, 6.07) is 5.45. The van der Waals surface area contributed by atoms with Gasteiger partial charge in [-0.25, -0.2) is 17.9 Å². The maximum Gasteiger partial charge on any atom is 0.329 e. The third kappa shape index (κ3) is 3.59. The zero-order valence-electron chi connectivity index (χ0n) is 12.4. The summed E-state index contributed by atoms with van der Waals surface area (Å²) >= 11 is 0. The van der Waals surface area contributed by atoms with E-state index in [1.165, 1.54) is 30.3 Å². The molecule has 2 rings (SSSR count). The molecule has 0 aliphatic heterocycles. The number of carbonyl (C=O) groups is 2. The van der Waals surface area contributed by atoms with E-state index in [4.69, 9.17) is 0 Å². The second kappa shape index (κ2) is 6.51. The van der Waals surface area contributed by atoms with Crippen LogP contribution in [0.3, 0.4) is 0 Å². The molecule has 1 saturated carbocycles. The second-order valence-corrected chi connectivity index (χ2v) is 7.13. The van der Waals surface area contributed by atoms with Crippen molar-refractivity contribution in [3.8, 4) is 0 Å². The van der Waals surface area contributed by atoms with Gasteiger partial charge in [0.1, 0.15) is 5.54 Å². The summed E-state index contributed by atoms with van der Waals surface area (Å²) in [4.78, 5) is 23.5. The highest BCUT2D eigenvalue weighted by Gasteiger charge is 2.45. The van der Waals surface area contributed by atoms with Gasteiger partial charge in [-0.2, -0.15) is 0 Å². The Hall–Kier alpha value is -2.19. The van der Waals surface area contributed by atoms with E-state index < -0.39 is 27.4 Å². The Kier molecular flexibility index (Phi) is 4.86. The molecule has 1 aliphatic carbocycles. The molecule has 1 aromatic rings. The van der Waals surface area contributed by atoms with Crippen molar-refractivity contribution in [1.82, 2.24) is 10.0 Å². The number of sulfonamides is 1. The maximum absolute atomic E-state index is 12.2.